The Hall–Kier alpha value is -1.20. The summed E-state index contributed by atoms with van der Waals surface area (Å²) in [5.41, 5.74) is 0.539. The number of oxazole rings is 1. The van der Waals surface area contributed by atoms with Gasteiger partial charge in [-0.1, -0.05) is 6.07 Å². The fourth-order valence-electron chi connectivity index (χ4n) is 1.95. The third-order valence-electron chi connectivity index (χ3n) is 2.99. The van der Waals surface area contributed by atoms with Gasteiger partial charge < -0.3 is 9.73 Å². The number of benzene rings is 1. The number of hydrogen-bond acceptors (Lipinski definition) is 3. The Morgan fingerprint density at radius 3 is 2.81 bits per heavy atom. The van der Waals surface area contributed by atoms with Crippen molar-refractivity contribution in [3.8, 4) is 11.3 Å². The van der Waals surface area contributed by atoms with E-state index in [-0.39, 0.29) is 11.4 Å². The molecule has 2 rings (SSSR count). The molecule has 114 valence electrons. The van der Waals surface area contributed by atoms with Gasteiger partial charge >= 0.3 is 0 Å². The van der Waals surface area contributed by atoms with Crippen molar-refractivity contribution < 1.29 is 8.81 Å². The molecule has 1 aromatic heterocycles. The molecule has 0 aliphatic carbocycles. The SMILES string of the molecule is CC(C)(C)NCCCc1ncc(-c2cccc(Br)c2F)o1. The molecule has 1 heterocycles. The van der Waals surface area contributed by atoms with Crippen LogP contribution in [0.2, 0.25) is 0 Å². The molecule has 5 heteroatoms. The summed E-state index contributed by atoms with van der Waals surface area (Å²) in [6.45, 7) is 7.29. The van der Waals surface area contributed by atoms with Crippen LogP contribution < -0.4 is 5.32 Å². The predicted molar refractivity (Wildman–Crippen MR) is 85.7 cm³/mol. The minimum Gasteiger partial charge on any atom is -0.441 e. The minimum absolute atomic E-state index is 0.112. The monoisotopic (exact) mass is 354 g/mol. The van der Waals surface area contributed by atoms with Crippen molar-refractivity contribution >= 4 is 15.9 Å². The maximum absolute atomic E-state index is 14.0. The van der Waals surface area contributed by atoms with Gasteiger partial charge in [0, 0.05) is 12.0 Å². The molecular formula is C16H20BrFN2O. The highest BCUT2D eigenvalue weighted by Crippen LogP contribution is 2.28. The Labute approximate surface area is 133 Å². The lowest BCUT2D eigenvalue weighted by Gasteiger charge is -2.20. The predicted octanol–water partition coefficient (Wildman–Crippen LogP) is 4.56. The highest BCUT2D eigenvalue weighted by molar-refractivity contribution is 9.10. The first kappa shape index (κ1) is 16.2. The summed E-state index contributed by atoms with van der Waals surface area (Å²) in [5, 5.41) is 3.41. The molecule has 0 amide bonds. The fraction of sp³-hybridized carbons (Fsp3) is 0.438. The van der Waals surface area contributed by atoms with Crippen LogP contribution in [0.3, 0.4) is 0 Å². The molecule has 1 N–H and O–H groups in total. The molecule has 0 spiro atoms. The van der Waals surface area contributed by atoms with Crippen molar-refractivity contribution in [2.45, 2.75) is 39.2 Å². The molecule has 0 aliphatic rings. The Morgan fingerprint density at radius 1 is 1.33 bits per heavy atom. The first-order valence-electron chi connectivity index (χ1n) is 7.01. The van der Waals surface area contributed by atoms with Gasteiger partial charge in [0.25, 0.3) is 0 Å². The van der Waals surface area contributed by atoms with Crippen LogP contribution in [0.4, 0.5) is 4.39 Å². The number of aryl methyl sites for hydroxylation is 1. The quantitative estimate of drug-likeness (QED) is 0.799. The summed E-state index contributed by atoms with van der Waals surface area (Å²) in [7, 11) is 0. The Kier molecular flexibility index (Phi) is 5.17. The molecule has 0 unspecified atom stereocenters. The summed E-state index contributed by atoms with van der Waals surface area (Å²) in [4.78, 5) is 4.22. The summed E-state index contributed by atoms with van der Waals surface area (Å²) in [6.07, 6.45) is 3.24. The first-order chi connectivity index (χ1) is 9.87. The lowest BCUT2D eigenvalue weighted by Crippen LogP contribution is -2.36. The average molecular weight is 355 g/mol. The van der Waals surface area contributed by atoms with E-state index >= 15 is 0 Å². The van der Waals surface area contributed by atoms with E-state index in [1.165, 1.54) is 0 Å². The average Bonchev–Trinajstić information content (AvgIpc) is 2.85. The van der Waals surface area contributed by atoms with Gasteiger partial charge in [0.05, 0.1) is 16.2 Å². The maximum Gasteiger partial charge on any atom is 0.194 e. The number of hydrogen-bond donors (Lipinski definition) is 1. The molecule has 0 radical (unpaired) electrons. The minimum atomic E-state index is -0.324. The number of nitrogens with zero attached hydrogens (tertiary/aromatic N) is 1. The topological polar surface area (TPSA) is 38.1 Å². The van der Waals surface area contributed by atoms with Crippen molar-refractivity contribution in [2.24, 2.45) is 0 Å². The van der Waals surface area contributed by atoms with E-state index in [1.54, 1.807) is 24.4 Å². The van der Waals surface area contributed by atoms with Gasteiger partial charge in [-0.05, 0) is 61.8 Å². The Bertz CT molecular complexity index is 605. The third-order valence-corrected chi connectivity index (χ3v) is 3.61. The highest BCUT2D eigenvalue weighted by atomic mass is 79.9. The lowest BCUT2D eigenvalue weighted by molar-refractivity contribution is 0.412. The van der Waals surface area contributed by atoms with Gasteiger partial charge in [0.15, 0.2) is 11.7 Å². The van der Waals surface area contributed by atoms with E-state index in [2.05, 4.69) is 47.0 Å². The fourth-order valence-corrected chi connectivity index (χ4v) is 2.31. The van der Waals surface area contributed by atoms with Crippen LogP contribution in [0, 0.1) is 5.82 Å². The second-order valence-corrected chi connectivity index (χ2v) is 6.85. The largest absolute Gasteiger partial charge is 0.441 e. The molecule has 0 bridgehead atoms. The van der Waals surface area contributed by atoms with Gasteiger partial charge in [-0.15, -0.1) is 0 Å². The van der Waals surface area contributed by atoms with Gasteiger partial charge in [-0.25, -0.2) is 9.37 Å². The Morgan fingerprint density at radius 2 is 2.10 bits per heavy atom. The second-order valence-electron chi connectivity index (χ2n) is 6.00. The van der Waals surface area contributed by atoms with E-state index < -0.39 is 0 Å². The summed E-state index contributed by atoms with van der Waals surface area (Å²) >= 11 is 3.17. The molecule has 0 atom stereocenters. The molecular weight excluding hydrogens is 335 g/mol. The first-order valence-corrected chi connectivity index (χ1v) is 7.80. The van der Waals surface area contributed by atoms with Gasteiger partial charge in [0.2, 0.25) is 0 Å². The van der Waals surface area contributed by atoms with Crippen molar-refractivity contribution in [3.63, 3.8) is 0 Å². The zero-order chi connectivity index (χ0) is 15.5. The molecule has 21 heavy (non-hydrogen) atoms. The van der Waals surface area contributed by atoms with Crippen molar-refractivity contribution in [3.05, 3.63) is 40.6 Å². The summed E-state index contributed by atoms with van der Waals surface area (Å²) < 4.78 is 20.1. The summed E-state index contributed by atoms with van der Waals surface area (Å²) in [5.74, 6) is 0.780. The number of aromatic nitrogens is 1. The smallest absolute Gasteiger partial charge is 0.194 e. The molecule has 1 aromatic carbocycles. The number of halogens is 2. The van der Waals surface area contributed by atoms with Crippen LogP contribution in [0.15, 0.2) is 33.3 Å². The molecule has 2 aromatic rings. The van der Waals surface area contributed by atoms with Crippen molar-refractivity contribution in [1.82, 2.24) is 10.3 Å². The van der Waals surface area contributed by atoms with Crippen LogP contribution in [0.5, 0.6) is 0 Å². The molecule has 0 fully saturated rings. The van der Waals surface area contributed by atoms with E-state index in [9.17, 15) is 4.39 Å². The molecule has 0 saturated carbocycles. The van der Waals surface area contributed by atoms with Gasteiger partial charge in [-0.3, -0.25) is 0 Å². The number of rotatable bonds is 5. The molecule has 0 saturated heterocycles. The number of nitrogens with one attached hydrogen (secondary N) is 1. The second kappa shape index (κ2) is 6.71. The zero-order valence-electron chi connectivity index (χ0n) is 12.5. The standard InChI is InChI=1S/C16H20BrFN2O/c1-16(2,3)20-9-5-8-14-19-10-13(21-14)11-6-4-7-12(17)15(11)18/h4,6-7,10,20H,5,8-9H2,1-3H3. The molecule has 0 aliphatic heterocycles. The zero-order valence-corrected chi connectivity index (χ0v) is 14.1. The van der Waals surface area contributed by atoms with E-state index in [4.69, 9.17) is 4.42 Å². The molecule has 3 nitrogen and oxygen atoms in total. The maximum atomic E-state index is 14.0. The van der Waals surface area contributed by atoms with Crippen molar-refractivity contribution in [1.29, 1.82) is 0 Å². The van der Waals surface area contributed by atoms with Gasteiger partial charge in [0.1, 0.15) is 5.82 Å². The van der Waals surface area contributed by atoms with E-state index in [1.807, 2.05) is 0 Å². The lowest BCUT2D eigenvalue weighted by atomic mass is 10.1. The highest BCUT2D eigenvalue weighted by Gasteiger charge is 2.13. The normalized spacial score (nSPS) is 11.9. The third kappa shape index (κ3) is 4.64. The summed E-state index contributed by atoms with van der Waals surface area (Å²) in [6, 6.07) is 5.12. The van der Waals surface area contributed by atoms with Crippen molar-refractivity contribution in [2.75, 3.05) is 6.54 Å². The van der Waals surface area contributed by atoms with E-state index in [0.717, 1.165) is 19.4 Å². The van der Waals surface area contributed by atoms with Crippen LogP contribution in [-0.2, 0) is 6.42 Å². The van der Waals surface area contributed by atoms with Crippen LogP contribution in [-0.4, -0.2) is 17.1 Å². The van der Waals surface area contributed by atoms with Crippen LogP contribution in [0.25, 0.3) is 11.3 Å². The van der Waals surface area contributed by atoms with Crippen LogP contribution >= 0.6 is 15.9 Å². The Balaban J connectivity index is 1.97. The van der Waals surface area contributed by atoms with Gasteiger partial charge in [-0.2, -0.15) is 0 Å². The van der Waals surface area contributed by atoms with E-state index in [0.29, 0.717) is 21.7 Å². The van der Waals surface area contributed by atoms with Crippen LogP contribution in [0.1, 0.15) is 33.1 Å².